The molecule has 0 saturated carbocycles. The predicted octanol–water partition coefficient (Wildman–Crippen LogP) is 3.15. The van der Waals surface area contributed by atoms with Gasteiger partial charge in [-0.1, -0.05) is 5.16 Å². The summed E-state index contributed by atoms with van der Waals surface area (Å²) in [5.41, 5.74) is 1.52. The minimum Gasteiger partial charge on any atom is -0.353 e. The third-order valence-corrected chi connectivity index (χ3v) is 5.04. The molecule has 0 unspecified atom stereocenters. The Morgan fingerprint density at radius 2 is 2.06 bits per heavy atom. The molecule has 13 heteroatoms. The number of aryl methyl sites for hydroxylation is 2. The van der Waals surface area contributed by atoms with Crippen LogP contribution < -0.4 is 5.32 Å². The lowest BCUT2D eigenvalue weighted by Gasteiger charge is -2.05. The van der Waals surface area contributed by atoms with Crippen LogP contribution in [0.1, 0.15) is 27.4 Å². The van der Waals surface area contributed by atoms with Crippen LogP contribution in [0.4, 0.5) is 13.2 Å². The average molecular weight is 456 g/mol. The first kappa shape index (κ1) is 20.6. The van der Waals surface area contributed by atoms with Crippen molar-refractivity contribution in [1.29, 1.82) is 0 Å². The minimum atomic E-state index is -4.46. The largest absolute Gasteiger partial charge is 0.416 e. The molecule has 0 fully saturated rings. The van der Waals surface area contributed by atoms with Crippen molar-refractivity contribution < 1.29 is 22.5 Å². The number of nitrogens with one attached hydrogen (secondary N) is 2. The van der Waals surface area contributed by atoms with Gasteiger partial charge in [0.05, 0.1) is 34.2 Å². The number of aromatic amines is 1. The number of nitrogens with zero attached hydrogens (tertiary/aromatic N) is 6. The number of rotatable bonds is 4. The van der Waals surface area contributed by atoms with Crippen LogP contribution in [0.25, 0.3) is 33.7 Å². The molecular formula is C20H15F3N8O2. The number of imidazole rings is 1. The zero-order valence-corrected chi connectivity index (χ0v) is 17.2. The highest BCUT2D eigenvalue weighted by Crippen LogP contribution is 2.31. The van der Waals surface area contributed by atoms with Gasteiger partial charge < -0.3 is 14.8 Å². The van der Waals surface area contributed by atoms with Crippen LogP contribution in [0, 0.1) is 6.92 Å². The smallest absolute Gasteiger partial charge is 0.353 e. The third kappa shape index (κ3) is 3.66. The number of hydrogen-bond acceptors (Lipinski definition) is 7. The maximum absolute atomic E-state index is 12.9. The molecule has 0 radical (unpaired) electrons. The van der Waals surface area contributed by atoms with Crippen LogP contribution in [0.5, 0.6) is 0 Å². The van der Waals surface area contributed by atoms with E-state index in [1.807, 2.05) is 0 Å². The van der Waals surface area contributed by atoms with Gasteiger partial charge in [-0.15, -0.1) is 0 Å². The van der Waals surface area contributed by atoms with Crippen molar-refractivity contribution in [3.05, 3.63) is 53.2 Å². The number of fused-ring (bicyclic) bond motifs is 2. The summed E-state index contributed by atoms with van der Waals surface area (Å²) in [6, 6.07) is 4.75. The van der Waals surface area contributed by atoms with E-state index in [4.69, 9.17) is 4.52 Å². The van der Waals surface area contributed by atoms with Crippen molar-refractivity contribution in [2.24, 2.45) is 7.05 Å². The minimum absolute atomic E-state index is 0.0333. The standard InChI is InChI=1S/C20H15F3N8O2/c1-9-15-16(25-8-26-18(15)31(2)29-9)19(32)24-7-11-6-14(33-30-11)17-27-12-4-3-10(20(21,22)23)5-13(12)28-17/h3-6,8H,7H2,1-2H3,(H,24,32)(H,27,28). The number of benzene rings is 1. The number of H-pyrrole nitrogens is 1. The van der Waals surface area contributed by atoms with Crippen molar-refractivity contribution in [3.8, 4) is 11.6 Å². The van der Waals surface area contributed by atoms with Crippen LogP contribution in [-0.4, -0.2) is 40.8 Å². The fourth-order valence-electron chi connectivity index (χ4n) is 3.51. The fourth-order valence-corrected chi connectivity index (χ4v) is 3.51. The molecule has 10 nitrogen and oxygen atoms in total. The van der Waals surface area contributed by atoms with Gasteiger partial charge in [0.1, 0.15) is 17.7 Å². The molecular weight excluding hydrogens is 441 g/mol. The highest BCUT2D eigenvalue weighted by atomic mass is 19.4. The van der Waals surface area contributed by atoms with Gasteiger partial charge >= 0.3 is 6.18 Å². The average Bonchev–Trinajstić information content (AvgIpc) is 3.48. The van der Waals surface area contributed by atoms with E-state index >= 15 is 0 Å². The molecule has 0 aliphatic heterocycles. The number of carbonyl (C=O) groups is 1. The first-order chi connectivity index (χ1) is 15.7. The number of hydrogen-bond donors (Lipinski definition) is 2. The normalized spacial score (nSPS) is 12.0. The molecule has 5 rings (SSSR count). The summed E-state index contributed by atoms with van der Waals surface area (Å²) in [5, 5.41) is 11.4. The lowest BCUT2D eigenvalue weighted by Crippen LogP contribution is -2.24. The molecule has 0 bridgehead atoms. The van der Waals surface area contributed by atoms with Gasteiger partial charge in [0.25, 0.3) is 5.91 Å². The zero-order valence-electron chi connectivity index (χ0n) is 17.2. The Kier molecular flexibility index (Phi) is 4.62. The summed E-state index contributed by atoms with van der Waals surface area (Å²) in [4.78, 5) is 28.0. The maximum Gasteiger partial charge on any atom is 0.416 e. The molecule has 168 valence electrons. The molecule has 1 aromatic carbocycles. The Hall–Kier alpha value is -4.29. The van der Waals surface area contributed by atoms with Crippen molar-refractivity contribution in [1.82, 2.24) is 40.2 Å². The first-order valence-electron chi connectivity index (χ1n) is 9.66. The van der Waals surface area contributed by atoms with Crippen LogP contribution >= 0.6 is 0 Å². The molecule has 4 heterocycles. The Balaban J connectivity index is 1.34. The van der Waals surface area contributed by atoms with Crippen LogP contribution in [-0.2, 0) is 19.8 Å². The van der Waals surface area contributed by atoms with Crippen molar-refractivity contribution in [2.45, 2.75) is 19.6 Å². The molecule has 0 spiro atoms. The Labute approximate surface area is 182 Å². The number of amides is 1. The molecule has 5 aromatic rings. The fraction of sp³-hybridized carbons (Fsp3) is 0.200. The highest BCUT2D eigenvalue weighted by molar-refractivity contribution is 6.04. The SMILES string of the molecule is Cc1nn(C)c2ncnc(C(=O)NCc3cc(-c4nc5ccc(C(F)(F)F)cc5[nH]4)on3)c12. The Morgan fingerprint density at radius 1 is 1.24 bits per heavy atom. The van der Waals surface area contributed by atoms with Gasteiger partial charge in [0, 0.05) is 13.1 Å². The van der Waals surface area contributed by atoms with E-state index in [1.54, 1.807) is 18.7 Å². The van der Waals surface area contributed by atoms with E-state index in [0.29, 0.717) is 27.9 Å². The lowest BCUT2D eigenvalue weighted by atomic mass is 10.2. The second-order valence-corrected chi connectivity index (χ2v) is 7.31. The lowest BCUT2D eigenvalue weighted by molar-refractivity contribution is -0.137. The Morgan fingerprint density at radius 3 is 2.85 bits per heavy atom. The molecule has 0 aliphatic carbocycles. The number of alkyl halides is 3. The van der Waals surface area contributed by atoms with Gasteiger partial charge in [-0.25, -0.2) is 15.0 Å². The molecule has 0 atom stereocenters. The van der Waals surface area contributed by atoms with Gasteiger partial charge in [-0.05, 0) is 25.1 Å². The molecule has 0 saturated heterocycles. The van der Waals surface area contributed by atoms with Crippen LogP contribution in [0.15, 0.2) is 35.1 Å². The second-order valence-electron chi connectivity index (χ2n) is 7.31. The molecule has 33 heavy (non-hydrogen) atoms. The van der Waals surface area contributed by atoms with E-state index < -0.39 is 17.6 Å². The van der Waals surface area contributed by atoms with Crippen molar-refractivity contribution >= 4 is 28.0 Å². The summed E-state index contributed by atoms with van der Waals surface area (Å²) in [6.45, 7) is 1.79. The summed E-state index contributed by atoms with van der Waals surface area (Å²) >= 11 is 0. The number of aromatic nitrogens is 7. The molecule has 4 aromatic heterocycles. The molecule has 2 N–H and O–H groups in total. The summed E-state index contributed by atoms with van der Waals surface area (Å²) in [6.07, 6.45) is -3.17. The van der Waals surface area contributed by atoms with Crippen molar-refractivity contribution in [2.75, 3.05) is 0 Å². The highest BCUT2D eigenvalue weighted by Gasteiger charge is 2.31. The second kappa shape index (κ2) is 7.39. The Bertz CT molecular complexity index is 1520. The summed E-state index contributed by atoms with van der Waals surface area (Å²) in [7, 11) is 1.73. The van der Waals surface area contributed by atoms with E-state index in [2.05, 4.69) is 35.5 Å². The van der Waals surface area contributed by atoms with Crippen molar-refractivity contribution in [3.63, 3.8) is 0 Å². The van der Waals surface area contributed by atoms with E-state index in [0.717, 1.165) is 12.1 Å². The maximum atomic E-state index is 12.9. The summed E-state index contributed by atoms with van der Waals surface area (Å²) < 4.78 is 45.6. The first-order valence-corrected chi connectivity index (χ1v) is 9.66. The van der Waals surface area contributed by atoms with Crippen LogP contribution in [0.2, 0.25) is 0 Å². The summed E-state index contributed by atoms with van der Waals surface area (Å²) in [5.74, 6) is 0.000833. The zero-order chi connectivity index (χ0) is 23.3. The molecule has 0 aliphatic rings. The number of halogens is 3. The van der Waals surface area contributed by atoms with Gasteiger partial charge in [-0.3, -0.25) is 9.48 Å². The topological polar surface area (TPSA) is 127 Å². The van der Waals surface area contributed by atoms with E-state index in [9.17, 15) is 18.0 Å². The van der Waals surface area contributed by atoms with E-state index in [1.165, 1.54) is 18.5 Å². The third-order valence-electron chi connectivity index (χ3n) is 5.04. The van der Waals surface area contributed by atoms with E-state index in [-0.39, 0.29) is 29.3 Å². The van der Waals surface area contributed by atoms with Gasteiger partial charge in [0.2, 0.25) is 5.76 Å². The predicted molar refractivity (Wildman–Crippen MR) is 109 cm³/mol. The molecule has 1 amide bonds. The van der Waals surface area contributed by atoms with Gasteiger partial charge in [-0.2, -0.15) is 18.3 Å². The number of carbonyl (C=O) groups excluding carboxylic acids is 1. The van der Waals surface area contributed by atoms with Gasteiger partial charge in [0.15, 0.2) is 11.5 Å². The van der Waals surface area contributed by atoms with Crippen LogP contribution in [0.3, 0.4) is 0 Å². The quantitative estimate of drug-likeness (QED) is 0.425. The monoisotopic (exact) mass is 456 g/mol.